The fourth-order valence-electron chi connectivity index (χ4n) is 1.25. The third-order valence-electron chi connectivity index (χ3n) is 2.45. The molecular weight excluding hydrogens is 172 g/mol. The van der Waals surface area contributed by atoms with Crippen LogP contribution in [0.15, 0.2) is 12.2 Å². The van der Waals surface area contributed by atoms with Gasteiger partial charge in [-0.2, -0.15) is 0 Å². The van der Waals surface area contributed by atoms with Gasteiger partial charge in [0.05, 0.1) is 0 Å². The van der Waals surface area contributed by atoms with Crippen molar-refractivity contribution in [1.29, 1.82) is 0 Å². The lowest BCUT2D eigenvalue weighted by Crippen LogP contribution is -2.22. The highest BCUT2D eigenvalue weighted by atomic mass is 16.1. The summed E-state index contributed by atoms with van der Waals surface area (Å²) in [5, 5.41) is 0. The van der Waals surface area contributed by atoms with Crippen molar-refractivity contribution in [2.75, 3.05) is 0 Å². The van der Waals surface area contributed by atoms with Crippen LogP contribution in [0, 0.1) is 11.3 Å². The van der Waals surface area contributed by atoms with Crippen LogP contribution in [0.4, 0.5) is 0 Å². The molecule has 0 aromatic rings. The number of rotatable bonds is 6. The molecule has 0 aliphatic rings. The molecule has 0 amide bonds. The predicted molar refractivity (Wildman–Crippen MR) is 62.3 cm³/mol. The first-order chi connectivity index (χ1) is 6.40. The predicted octanol–water partition coefficient (Wildman–Crippen LogP) is 3.98. The molecule has 0 fully saturated rings. The Morgan fingerprint density at radius 1 is 1.36 bits per heavy atom. The minimum atomic E-state index is -0.179. The molecule has 0 unspecified atom stereocenters. The van der Waals surface area contributed by atoms with Gasteiger partial charge in [0, 0.05) is 5.41 Å². The number of unbranched alkanes of at least 4 members (excludes halogenated alkanes) is 1. The smallest absolute Gasteiger partial charge is 0.160 e. The molecule has 14 heavy (non-hydrogen) atoms. The topological polar surface area (TPSA) is 17.1 Å². The van der Waals surface area contributed by atoms with Crippen LogP contribution >= 0.6 is 0 Å². The van der Waals surface area contributed by atoms with Crippen molar-refractivity contribution >= 4 is 5.78 Å². The summed E-state index contributed by atoms with van der Waals surface area (Å²) in [6.45, 7) is 10.4. The van der Waals surface area contributed by atoms with Crippen LogP contribution in [0.3, 0.4) is 0 Å². The molecule has 0 aliphatic carbocycles. The average molecular weight is 196 g/mol. The second-order valence-electron chi connectivity index (χ2n) is 4.95. The van der Waals surface area contributed by atoms with E-state index >= 15 is 0 Å². The molecular formula is C13H24O. The van der Waals surface area contributed by atoms with Crippen molar-refractivity contribution < 1.29 is 4.79 Å². The van der Waals surface area contributed by atoms with Crippen LogP contribution in [-0.4, -0.2) is 5.78 Å². The molecule has 0 spiro atoms. The number of hydrogen-bond donors (Lipinski definition) is 0. The maximum absolute atomic E-state index is 11.8. The molecule has 0 aromatic heterocycles. The molecule has 0 atom stereocenters. The van der Waals surface area contributed by atoms with Gasteiger partial charge in [-0.3, -0.25) is 4.79 Å². The minimum absolute atomic E-state index is 0.179. The SMILES string of the molecule is CCCCC(C)(C)C(=O)/C=C\C(C)C. The number of hydrogen-bond acceptors (Lipinski definition) is 1. The summed E-state index contributed by atoms with van der Waals surface area (Å²) in [7, 11) is 0. The molecule has 0 aromatic carbocycles. The Morgan fingerprint density at radius 3 is 2.36 bits per heavy atom. The van der Waals surface area contributed by atoms with Crippen LogP contribution in [0.5, 0.6) is 0 Å². The molecule has 0 N–H and O–H groups in total. The molecule has 1 nitrogen and oxygen atoms in total. The van der Waals surface area contributed by atoms with E-state index in [4.69, 9.17) is 0 Å². The highest BCUT2D eigenvalue weighted by molar-refractivity contribution is 5.94. The summed E-state index contributed by atoms with van der Waals surface area (Å²) in [6, 6.07) is 0. The van der Waals surface area contributed by atoms with Gasteiger partial charge >= 0.3 is 0 Å². The number of carbonyl (C=O) groups is 1. The van der Waals surface area contributed by atoms with E-state index < -0.39 is 0 Å². The third-order valence-corrected chi connectivity index (χ3v) is 2.45. The summed E-state index contributed by atoms with van der Waals surface area (Å²) >= 11 is 0. The van der Waals surface area contributed by atoms with E-state index in [1.54, 1.807) is 6.08 Å². The van der Waals surface area contributed by atoms with E-state index in [0.29, 0.717) is 5.92 Å². The minimum Gasteiger partial charge on any atom is -0.294 e. The number of allylic oxidation sites excluding steroid dienone is 2. The molecule has 0 saturated carbocycles. The van der Waals surface area contributed by atoms with E-state index in [9.17, 15) is 4.79 Å². The van der Waals surface area contributed by atoms with E-state index in [1.165, 1.54) is 0 Å². The first kappa shape index (κ1) is 13.4. The first-order valence-corrected chi connectivity index (χ1v) is 5.62. The van der Waals surface area contributed by atoms with Crippen molar-refractivity contribution in [1.82, 2.24) is 0 Å². The summed E-state index contributed by atoms with van der Waals surface area (Å²) in [5.41, 5.74) is -0.179. The Bertz CT molecular complexity index is 199. The maximum atomic E-state index is 11.8. The Hall–Kier alpha value is -0.590. The molecule has 0 bridgehead atoms. The average Bonchev–Trinajstić information content (AvgIpc) is 2.10. The van der Waals surface area contributed by atoms with Crippen molar-refractivity contribution in [2.45, 2.75) is 53.9 Å². The summed E-state index contributed by atoms with van der Waals surface area (Å²) in [5.74, 6) is 0.723. The van der Waals surface area contributed by atoms with Crippen LogP contribution in [0.2, 0.25) is 0 Å². The Balaban J connectivity index is 4.20. The van der Waals surface area contributed by atoms with E-state index in [-0.39, 0.29) is 11.2 Å². The Morgan fingerprint density at radius 2 is 1.93 bits per heavy atom. The molecule has 0 saturated heterocycles. The lowest BCUT2D eigenvalue weighted by atomic mass is 9.82. The zero-order valence-corrected chi connectivity index (χ0v) is 10.3. The van der Waals surface area contributed by atoms with E-state index in [1.807, 2.05) is 19.9 Å². The highest BCUT2D eigenvalue weighted by Gasteiger charge is 2.24. The maximum Gasteiger partial charge on any atom is 0.160 e. The van der Waals surface area contributed by atoms with E-state index in [2.05, 4.69) is 20.8 Å². The fourth-order valence-corrected chi connectivity index (χ4v) is 1.25. The van der Waals surface area contributed by atoms with Gasteiger partial charge in [0.15, 0.2) is 5.78 Å². The zero-order valence-electron chi connectivity index (χ0n) is 10.3. The largest absolute Gasteiger partial charge is 0.294 e. The van der Waals surface area contributed by atoms with Gasteiger partial charge in [0.2, 0.25) is 0 Å². The molecule has 0 aliphatic heterocycles. The summed E-state index contributed by atoms with van der Waals surface area (Å²) in [6.07, 6.45) is 7.01. The second-order valence-corrected chi connectivity index (χ2v) is 4.95. The van der Waals surface area contributed by atoms with Crippen LogP contribution < -0.4 is 0 Å². The normalized spacial score (nSPS) is 12.7. The number of carbonyl (C=O) groups excluding carboxylic acids is 1. The second kappa shape index (κ2) is 6.00. The lowest BCUT2D eigenvalue weighted by molar-refractivity contribution is -0.122. The first-order valence-electron chi connectivity index (χ1n) is 5.62. The van der Waals surface area contributed by atoms with Gasteiger partial charge < -0.3 is 0 Å². The van der Waals surface area contributed by atoms with E-state index in [0.717, 1.165) is 19.3 Å². The van der Waals surface area contributed by atoms with Gasteiger partial charge in [-0.25, -0.2) is 0 Å². The summed E-state index contributed by atoms with van der Waals surface area (Å²) < 4.78 is 0. The zero-order chi connectivity index (χ0) is 11.2. The van der Waals surface area contributed by atoms with Gasteiger partial charge in [-0.05, 0) is 18.4 Å². The highest BCUT2D eigenvalue weighted by Crippen LogP contribution is 2.25. The van der Waals surface area contributed by atoms with Gasteiger partial charge in [-0.15, -0.1) is 0 Å². The van der Waals surface area contributed by atoms with Crippen LogP contribution in [0.25, 0.3) is 0 Å². The van der Waals surface area contributed by atoms with Crippen molar-refractivity contribution in [3.05, 3.63) is 12.2 Å². The fraction of sp³-hybridized carbons (Fsp3) is 0.769. The Labute approximate surface area is 88.6 Å². The van der Waals surface area contributed by atoms with Gasteiger partial charge in [0.25, 0.3) is 0 Å². The third kappa shape index (κ3) is 5.21. The van der Waals surface area contributed by atoms with Crippen molar-refractivity contribution in [3.63, 3.8) is 0 Å². The lowest BCUT2D eigenvalue weighted by Gasteiger charge is -2.20. The van der Waals surface area contributed by atoms with Crippen LogP contribution in [-0.2, 0) is 4.79 Å². The summed E-state index contributed by atoms with van der Waals surface area (Å²) in [4.78, 5) is 11.8. The molecule has 0 heterocycles. The van der Waals surface area contributed by atoms with Crippen LogP contribution in [0.1, 0.15) is 53.9 Å². The van der Waals surface area contributed by atoms with Crippen molar-refractivity contribution in [3.8, 4) is 0 Å². The van der Waals surface area contributed by atoms with Crippen molar-refractivity contribution in [2.24, 2.45) is 11.3 Å². The Kier molecular flexibility index (Phi) is 5.75. The monoisotopic (exact) mass is 196 g/mol. The quantitative estimate of drug-likeness (QED) is 0.587. The van der Waals surface area contributed by atoms with Gasteiger partial charge in [-0.1, -0.05) is 53.5 Å². The molecule has 0 rings (SSSR count). The standard InChI is InChI=1S/C13H24O/c1-6-7-10-13(4,5)12(14)9-8-11(2)3/h8-9,11H,6-7,10H2,1-5H3/b9-8-. The molecule has 82 valence electrons. The molecule has 0 radical (unpaired) electrons. The molecule has 1 heteroatoms. The number of ketones is 1. The van der Waals surface area contributed by atoms with Gasteiger partial charge in [0.1, 0.15) is 0 Å².